The number of phenols is 1. The van der Waals surface area contributed by atoms with E-state index in [0.29, 0.717) is 5.02 Å². The van der Waals surface area contributed by atoms with E-state index in [4.69, 9.17) is 11.6 Å². The summed E-state index contributed by atoms with van der Waals surface area (Å²) in [5.41, 5.74) is 0.770. The van der Waals surface area contributed by atoms with E-state index in [9.17, 15) is 5.11 Å². The number of halogens is 1. The minimum absolute atomic E-state index is 0.0490. The van der Waals surface area contributed by atoms with Gasteiger partial charge in [0.25, 0.3) is 0 Å². The number of hydrogen-bond acceptors (Lipinski definition) is 3. The zero-order valence-corrected chi connectivity index (χ0v) is 7.31. The highest BCUT2D eigenvalue weighted by Crippen LogP contribution is 2.24. The smallest absolute Gasteiger partial charge is 0.136 e. The predicted molar refractivity (Wildman–Crippen MR) is 48.0 cm³/mol. The van der Waals surface area contributed by atoms with Crippen LogP contribution in [0.4, 0.5) is 0 Å². The Labute approximate surface area is 79.4 Å². The fraction of sp³-hybridized carbons (Fsp3) is 0. The summed E-state index contributed by atoms with van der Waals surface area (Å²) in [5.74, 6) is 0.0490. The molecule has 1 heterocycles. The summed E-state index contributed by atoms with van der Waals surface area (Å²) in [6, 6.07) is 4.93. The van der Waals surface area contributed by atoms with Crippen LogP contribution in [-0.2, 0) is 0 Å². The van der Waals surface area contributed by atoms with Crippen LogP contribution >= 0.6 is 11.6 Å². The van der Waals surface area contributed by atoms with Crippen LogP contribution in [0.1, 0.15) is 0 Å². The lowest BCUT2D eigenvalue weighted by atomic mass is 10.3. The first kappa shape index (κ1) is 8.07. The standard InChI is InChI=1S/C8H6ClN3O/c9-7-2-1-6(3-8(7)13)12-4-10-11-5-12/h1-5,13H. The molecule has 13 heavy (non-hydrogen) atoms. The van der Waals surface area contributed by atoms with Gasteiger partial charge in [0.15, 0.2) is 0 Å². The van der Waals surface area contributed by atoms with Gasteiger partial charge < -0.3 is 5.11 Å². The van der Waals surface area contributed by atoms with Crippen LogP contribution in [0.3, 0.4) is 0 Å². The van der Waals surface area contributed by atoms with Gasteiger partial charge in [-0.25, -0.2) is 0 Å². The predicted octanol–water partition coefficient (Wildman–Crippen LogP) is 1.63. The monoisotopic (exact) mass is 195 g/mol. The second kappa shape index (κ2) is 3.06. The van der Waals surface area contributed by atoms with Crippen molar-refractivity contribution < 1.29 is 5.11 Å². The number of aromatic hydroxyl groups is 1. The van der Waals surface area contributed by atoms with Crippen LogP contribution < -0.4 is 0 Å². The molecule has 5 heteroatoms. The van der Waals surface area contributed by atoms with Gasteiger partial charge in [0.05, 0.1) is 10.7 Å². The molecule has 0 saturated carbocycles. The molecule has 0 radical (unpaired) electrons. The van der Waals surface area contributed by atoms with Gasteiger partial charge in [-0.3, -0.25) is 4.57 Å². The van der Waals surface area contributed by atoms with Crippen LogP contribution in [-0.4, -0.2) is 19.9 Å². The molecule has 2 rings (SSSR count). The van der Waals surface area contributed by atoms with E-state index in [0.717, 1.165) is 5.69 Å². The third-order valence-electron chi connectivity index (χ3n) is 1.65. The van der Waals surface area contributed by atoms with Gasteiger partial charge in [-0.05, 0) is 12.1 Å². The van der Waals surface area contributed by atoms with E-state index in [1.54, 1.807) is 35.4 Å². The van der Waals surface area contributed by atoms with Crippen LogP contribution in [0, 0.1) is 0 Å². The molecule has 1 aromatic carbocycles. The Morgan fingerprint density at radius 1 is 1.23 bits per heavy atom. The second-order valence-corrected chi connectivity index (χ2v) is 2.91. The first-order valence-corrected chi connectivity index (χ1v) is 3.98. The number of aromatic nitrogens is 3. The lowest BCUT2D eigenvalue weighted by Crippen LogP contribution is -1.88. The Morgan fingerprint density at radius 2 is 1.92 bits per heavy atom. The highest BCUT2D eigenvalue weighted by Gasteiger charge is 2.00. The first-order valence-electron chi connectivity index (χ1n) is 3.61. The maximum Gasteiger partial charge on any atom is 0.136 e. The summed E-state index contributed by atoms with van der Waals surface area (Å²) in [4.78, 5) is 0. The van der Waals surface area contributed by atoms with Crippen LogP contribution in [0.25, 0.3) is 5.69 Å². The molecular formula is C8H6ClN3O. The van der Waals surface area contributed by atoms with E-state index in [1.165, 1.54) is 0 Å². The van der Waals surface area contributed by atoms with Crippen molar-refractivity contribution in [3.8, 4) is 11.4 Å². The molecule has 0 fully saturated rings. The second-order valence-electron chi connectivity index (χ2n) is 2.50. The Balaban J connectivity index is 2.49. The molecule has 0 aliphatic carbocycles. The minimum atomic E-state index is 0.0490. The molecule has 0 aliphatic rings. The fourth-order valence-corrected chi connectivity index (χ4v) is 1.11. The van der Waals surface area contributed by atoms with Gasteiger partial charge in [0.1, 0.15) is 18.4 Å². The van der Waals surface area contributed by atoms with E-state index in [1.807, 2.05) is 0 Å². The highest BCUT2D eigenvalue weighted by atomic mass is 35.5. The largest absolute Gasteiger partial charge is 0.506 e. The number of rotatable bonds is 1. The molecule has 0 unspecified atom stereocenters. The number of nitrogens with zero attached hydrogens (tertiary/aromatic N) is 3. The van der Waals surface area contributed by atoms with Crippen LogP contribution in [0.2, 0.25) is 5.02 Å². The van der Waals surface area contributed by atoms with Crippen molar-refractivity contribution in [1.29, 1.82) is 0 Å². The average Bonchev–Trinajstić information content (AvgIpc) is 2.62. The quantitative estimate of drug-likeness (QED) is 0.753. The molecule has 66 valence electrons. The molecule has 4 nitrogen and oxygen atoms in total. The molecule has 0 atom stereocenters. The van der Waals surface area contributed by atoms with Crippen molar-refractivity contribution in [2.75, 3.05) is 0 Å². The summed E-state index contributed by atoms with van der Waals surface area (Å²) in [5, 5.41) is 16.9. The summed E-state index contributed by atoms with van der Waals surface area (Å²) in [7, 11) is 0. The van der Waals surface area contributed by atoms with Crippen molar-refractivity contribution in [1.82, 2.24) is 14.8 Å². The van der Waals surface area contributed by atoms with E-state index >= 15 is 0 Å². The summed E-state index contributed by atoms with van der Waals surface area (Å²) in [6.45, 7) is 0. The van der Waals surface area contributed by atoms with Crippen molar-refractivity contribution in [2.45, 2.75) is 0 Å². The van der Waals surface area contributed by atoms with Crippen molar-refractivity contribution in [3.63, 3.8) is 0 Å². The molecule has 1 aromatic heterocycles. The van der Waals surface area contributed by atoms with Gasteiger partial charge in [-0.15, -0.1) is 10.2 Å². The van der Waals surface area contributed by atoms with Gasteiger partial charge in [-0.1, -0.05) is 11.6 Å². The zero-order valence-electron chi connectivity index (χ0n) is 6.55. The van der Waals surface area contributed by atoms with E-state index in [-0.39, 0.29) is 5.75 Å². The SMILES string of the molecule is Oc1cc(-n2cnnc2)ccc1Cl. The topological polar surface area (TPSA) is 50.9 Å². The Hall–Kier alpha value is -1.55. The van der Waals surface area contributed by atoms with E-state index < -0.39 is 0 Å². The molecule has 2 aromatic rings. The summed E-state index contributed by atoms with van der Waals surface area (Å²) >= 11 is 5.65. The third kappa shape index (κ3) is 1.48. The maximum absolute atomic E-state index is 9.31. The summed E-state index contributed by atoms with van der Waals surface area (Å²) in [6.07, 6.45) is 3.09. The number of benzene rings is 1. The molecule has 0 amide bonds. The first-order chi connectivity index (χ1) is 6.27. The van der Waals surface area contributed by atoms with E-state index in [2.05, 4.69) is 10.2 Å². The third-order valence-corrected chi connectivity index (χ3v) is 1.97. The molecule has 1 N–H and O–H groups in total. The Kier molecular flexibility index (Phi) is 1.90. The minimum Gasteiger partial charge on any atom is -0.506 e. The molecule has 0 spiro atoms. The van der Waals surface area contributed by atoms with Crippen LogP contribution in [0.5, 0.6) is 5.75 Å². The molecule has 0 bridgehead atoms. The Bertz CT molecular complexity index is 413. The van der Waals surface area contributed by atoms with Gasteiger partial charge in [-0.2, -0.15) is 0 Å². The van der Waals surface area contributed by atoms with Crippen LogP contribution in [0.15, 0.2) is 30.9 Å². The van der Waals surface area contributed by atoms with Gasteiger partial charge in [0, 0.05) is 6.07 Å². The lowest BCUT2D eigenvalue weighted by molar-refractivity contribution is 0.475. The molecule has 0 aliphatic heterocycles. The number of hydrogen-bond donors (Lipinski definition) is 1. The molecule has 0 saturated heterocycles. The van der Waals surface area contributed by atoms with Crippen molar-refractivity contribution in [3.05, 3.63) is 35.9 Å². The normalized spacial score (nSPS) is 10.2. The Morgan fingerprint density at radius 3 is 2.54 bits per heavy atom. The number of phenolic OH excluding ortho intramolecular Hbond substituents is 1. The van der Waals surface area contributed by atoms with Gasteiger partial charge in [0.2, 0.25) is 0 Å². The maximum atomic E-state index is 9.31. The highest BCUT2D eigenvalue weighted by molar-refractivity contribution is 6.32. The lowest BCUT2D eigenvalue weighted by Gasteiger charge is -2.02. The molecular weight excluding hydrogens is 190 g/mol. The average molecular weight is 196 g/mol. The fourth-order valence-electron chi connectivity index (χ4n) is 0.996. The van der Waals surface area contributed by atoms with Crippen molar-refractivity contribution >= 4 is 11.6 Å². The van der Waals surface area contributed by atoms with Crippen molar-refractivity contribution in [2.24, 2.45) is 0 Å². The van der Waals surface area contributed by atoms with Gasteiger partial charge >= 0.3 is 0 Å². The summed E-state index contributed by atoms with van der Waals surface area (Å²) < 4.78 is 1.68. The zero-order chi connectivity index (χ0) is 9.26.